The van der Waals surface area contributed by atoms with Crippen LogP contribution in [-0.4, -0.2) is 140 Å². The van der Waals surface area contributed by atoms with E-state index in [1.165, 1.54) is 20.8 Å². The molecule has 0 bridgehead atoms. The summed E-state index contributed by atoms with van der Waals surface area (Å²) < 4.78 is 61.8. The van der Waals surface area contributed by atoms with Gasteiger partial charge >= 0.3 is 29.4 Å². The van der Waals surface area contributed by atoms with E-state index in [0.29, 0.717) is 12.2 Å². The maximum Gasteiger partial charge on any atom is 0.481 e. The van der Waals surface area contributed by atoms with Crippen molar-refractivity contribution >= 4 is 75.1 Å². The fourth-order valence-electron chi connectivity index (χ4n) is 5.28. The highest BCUT2D eigenvalue weighted by atomic mass is 32.2. The Bertz CT molecular complexity index is 2180. The molecule has 3 unspecified atom stereocenters. The van der Waals surface area contributed by atoms with Crippen LogP contribution in [-0.2, 0) is 61.9 Å². The molecule has 4 rings (SSSR count). The number of aliphatic carboxylic acids is 1. The SMILES string of the molecule is CC(=O)SCCNC(=O)CCNC(=O)C(O)C(C)(C)COP(=O)(O)OP(=O)(O)OC[C@H]1O[C@@H](n2cnc3c(N)ncnc32)[C@H](O)[C@@H]1OP(=O)(O)O.N[C@@H](Cc1ccccc1)C(=O)O. The number of anilines is 1. The summed E-state index contributed by atoms with van der Waals surface area (Å²) in [5.41, 5.74) is 10.6. The lowest BCUT2D eigenvalue weighted by Gasteiger charge is -2.30. The van der Waals surface area contributed by atoms with Crippen molar-refractivity contribution < 1.29 is 90.4 Å². The summed E-state index contributed by atoms with van der Waals surface area (Å²) >= 11 is 1.03. The minimum absolute atomic E-state index is 0.0310. The van der Waals surface area contributed by atoms with Crippen molar-refractivity contribution in [2.75, 3.05) is 37.8 Å². The number of amides is 2. The van der Waals surface area contributed by atoms with Crippen LogP contribution in [0.25, 0.3) is 11.2 Å². The number of hydrogen-bond donors (Lipinski definition) is 11. The Morgan fingerprint density at radius 3 is 2.27 bits per heavy atom. The topological polar surface area (TPSA) is 427 Å². The molecule has 1 aliphatic heterocycles. The molecule has 13 N–H and O–H groups in total. The second-order valence-electron chi connectivity index (χ2n) is 14.0. The van der Waals surface area contributed by atoms with Crippen molar-refractivity contribution in [3.8, 4) is 0 Å². The number of nitrogen functional groups attached to an aromatic ring is 1. The van der Waals surface area contributed by atoms with E-state index in [9.17, 15) is 62.7 Å². The molecule has 1 saturated heterocycles. The van der Waals surface area contributed by atoms with Crippen LogP contribution in [0.2, 0.25) is 0 Å². The number of carboxylic acids is 1. The quantitative estimate of drug-likeness (QED) is 0.0439. The molecule has 31 heteroatoms. The molecule has 8 atom stereocenters. The molecule has 0 aliphatic carbocycles. The lowest BCUT2D eigenvalue weighted by atomic mass is 9.87. The number of aromatic nitrogens is 4. The molecule has 1 aliphatic rings. The number of fused-ring (bicyclic) bond motifs is 1. The Balaban J connectivity index is 0.000000756. The van der Waals surface area contributed by atoms with Gasteiger partial charge in [-0.1, -0.05) is 55.9 Å². The number of benzene rings is 1. The molecule has 1 fully saturated rings. The molecule has 0 saturated carbocycles. The van der Waals surface area contributed by atoms with Gasteiger partial charge in [0.15, 0.2) is 22.8 Å². The Morgan fingerprint density at radius 1 is 1.00 bits per heavy atom. The molecule has 0 radical (unpaired) electrons. The van der Waals surface area contributed by atoms with Gasteiger partial charge in [0.2, 0.25) is 11.8 Å². The van der Waals surface area contributed by atoms with Crippen LogP contribution in [0.1, 0.15) is 39.0 Å². The number of carboxylic acid groups (broad SMARTS) is 1. The first-order chi connectivity index (χ1) is 29.2. The van der Waals surface area contributed by atoms with Crippen molar-refractivity contribution in [3.63, 3.8) is 0 Å². The summed E-state index contributed by atoms with van der Waals surface area (Å²) in [5.74, 6) is -2.04. The summed E-state index contributed by atoms with van der Waals surface area (Å²) in [6.45, 7) is 1.90. The molecule has 2 amide bonds. The first-order valence-electron chi connectivity index (χ1n) is 18.3. The Hall–Kier alpha value is -3.79. The monoisotopic (exact) mass is 974 g/mol. The first-order valence-corrected chi connectivity index (χ1v) is 23.8. The maximum absolute atomic E-state index is 12.6. The third-order valence-corrected chi connectivity index (χ3v) is 12.3. The Labute approximate surface area is 362 Å². The van der Waals surface area contributed by atoms with E-state index in [-0.39, 0.29) is 41.6 Å². The van der Waals surface area contributed by atoms with Gasteiger partial charge in [0.1, 0.15) is 42.3 Å². The molecule has 3 aromatic rings. The highest BCUT2D eigenvalue weighted by Crippen LogP contribution is 2.61. The van der Waals surface area contributed by atoms with E-state index in [1.807, 2.05) is 30.3 Å². The number of nitrogens with one attached hydrogen (secondary N) is 2. The highest BCUT2D eigenvalue weighted by molar-refractivity contribution is 8.13. The second-order valence-corrected chi connectivity index (χ2v) is 19.6. The molecule has 0 spiro atoms. The number of carbonyl (C=O) groups is 4. The summed E-state index contributed by atoms with van der Waals surface area (Å²) in [5, 5.41) is 34.6. The van der Waals surface area contributed by atoms with Gasteiger partial charge in [-0.25, -0.2) is 28.6 Å². The summed E-state index contributed by atoms with van der Waals surface area (Å²) in [6.07, 6.45) is -6.50. The van der Waals surface area contributed by atoms with Crippen molar-refractivity contribution in [1.29, 1.82) is 0 Å². The van der Waals surface area contributed by atoms with Crippen molar-refractivity contribution in [3.05, 3.63) is 48.5 Å². The Kier molecular flexibility index (Phi) is 19.9. The standard InChI is InChI=1S/C23H38N7O17P3S.C9H11NO2/c1-12(31)51-7-6-25-14(32)4-5-26-21(35)18(34)23(2,3)9-44-50(41,42)47-49(39,40)43-8-13-17(46-48(36,37)38)16(33)22(45-13)30-11-29-15-19(24)27-10-28-20(15)30;10-8(9(11)12)6-7-4-2-1-3-5-7/h10-11,13,16-18,22,33-34H,4-9H2,1-3H3,(H,25,32)(H,26,35)(H,39,40)(H,41,42)(H2,24,27,28)(H2,36,37,38);1-5,8H,6,10H2,(H,11,12)/t13-,16-,17-,18?,22-;8-/m10/s1. The number of nitrogens with zero attached hydrogens (tertiary/aromatic N) is 4. The Morgan fingerprint density at radius 2 is 1.65 bits per heavy atom. The van der Waals surface area contributed by atoms with Crippen molar-refractivity contribution in [2.24, 2.45) is 11.1 Å². The lowest BCUT2D eigenvalue weighted by molar-refractivity contribution is -0.138. The number of carbonyl (C=O) groups excluding carboxylic acids is 3. The fraction of sp³-hybridized carbons (Fsp3) is 0.531. The maximum atomic E-state index is 12.6. The molecular formula is C32H49N8O19P3S. The van der Waals surface area contributed by atoms with Crippen LogP contribution in [0.15, 0.2) is 43.0 Å². The van der Waals surface area contributed by atoms with Crippen molar-refractivity contribution in [2.45, 2.75) is 70.3 Å². The highest BCUT2D eigenvalue weighted by Gasteiger charge is 2.50. The van der Waals surface area contributed by atoms with Crippen LogP contribution in [0.3, 0.4) is 0 Å². The van der Waals surface area contributed by atoms with E-state index in [4.69, 9.17) is 30.4 Å². The smallest absolute Gasteiger partial charge is 0.480 e. The number of rotatable bonds is 22. The second kappa shape index (κ2) is 23.4. The minimum atomic E-state index is -5.56. The van der Waals surface area contributed by atoms with Gasteiger partial charge in [0.25, 0.3) is 0 Å². The number of thioether (sulfide) groups is 1. The molecule has 1 aromatic carbocycles. The molecule has 63 heavy (non-hydrogen) atoms. The van der Waals surface area contributed by atoms with Gasteiger partial charge in [-0.2, -0.15) is 4.31 Å². The zero-order valence-corrected chi connectivity index (χ0v) is 37.2. The normalized spacial score (nSPS) is 20.7. The van der Waals surface area contributed by atoms with Crippen LogP contribution >= 0.6 is 35.2 Å². The number of ether oxygens (including phenoxy) is 1. The van der Waals surface area contributed by atoms with E-state index >= 15 is 0 Å². The van der Waals surface area contributed by atoms with Crippen LogP contribution in [0.4, 0.5) is 5.82 Å². The van der Waals surface area contributed by atoms with Gasteiger partial charge in [-0.3, -0.25) is 37.3 Å². The predicted molar refractivity (Wildman–Crippen MR) is 219 cm³/mol. The van der Waals surface area contributed by atoms with E-state index in [1.54, 1.807) is 0 Å². The van der Waals surface area contributed by atoms with Crippen LogP contribution in [0, 0.1) is 5.41 Å². The zero-order chi connectivity index (χ0) is 47.3. The zero-order valence-electron chi connectivity index (χ0n) is 33.7. The molecule has 27 nitrogen and oxygen atoms in total. The number of aliphatic hydroxyl groups is 2. The average Bonchev–Trinajstić information content (AvgIpc) is 3.75. The number of aliphatic hydroxyl groups excluding tert-OH is 2. The van der Waals surface area contributed by atoms with E-state index < -0.39 is 96.6 Å². The minimum Gasteiger partial charge on any atom is -0.480 e. The van der Waals surface area contributed by atoms with Gasteiger partial charge in [0, 0.05) is 37.6 Å². The van der Waals surface area contributed by atoms with Crippen LogP contribution < -0.4 is 22.1 Å². The van der Waals surface area contributed by atoms with Gasteiger partial charge in [0.05, 0.1) is 19.5 Å². The molecule has 352 valence electrons. The third-order valence-electron chi connectivity index (χ3n) is 8.42. The largest absolute Gasteiger partial charge is 0.481 e. The van der Waals surface area contributed by atoms with E-state index in [2.05, 4.69) is 34.4 Å². The average molecular weight is 975 g/mol. The summed E-state index contributed by atoms with van der Waals surface area (Å²) in [7, 11) is -16.4. The predicted octanol–water partition coefficient (Wildman–Crippen LogP) is -0.674. The van der Waals surface area contributed by atoms with Gasteiger partial charge in [-0.05, 0) is 12.0 Å². The fourth-order valence-corrected chi connectivity index (χ4v) is 8.60. The molecular weight excluding hydrogens is 925 g/mol. The number of phosphoric acid groups is 3. The third kappa shape index (κ3) is 17.6. The van der Waals surface area contributed by atoms with Crippen molar-refractivity contribution in [1.82, 2.24) is 30.2 Å². The van der Waals surface area contributed by atoms with E-state index in [0.717, 1.165) is 34.5 Å². The molecule has 2 aromatic heterocycles. The van der Waals surface area contributed by atoms with Gasteiger partial charge < -0.3 is 61.7 Å². The van der Waals surface area contributed by atoms with Gasteiger partial charge in [-0.15, -0.1) is 0 Å². The lowest BCUT2D eigenvalue weighted by Crippen LogP contribution is -2.46. The summed E-state index contributed by atoms with van der Waals surface area (Å²) in [6, 6.07) is 8.54. The summed E-state index contributed by atoms with van der Waals surface area (Å²) in [4.78, 5) is 96.3. The number of hydrogen-bond acceptors (Lipinski definition) is 20. The number of nitrogens with two attached hydrogens (primary N) is 2. The first kappa shape index (κ1) is 53.5. The van der Waals surface area contributed by atoms with Crippen LogP contribution in [0.5, 0.6) is 0 Å². The number of imidazole rings is 1. The molecule has 3 heterocycles. The number of phosphoric ester groups is 3.